The summed E-state index contributed by atoms with van der Waals surface area (Å²) < 4.78 is 0. The van der Waals surface area contributed by atoms with Gasteiger partial charge in [-0.15, -0.1) is 10.2 Å². The van der Waals surface area contributed by atoms with Gasteiger partial charge in [0.05, 0.1) is 11.4 Å². The van der Waals surface area contributed by atoms with Gasteiger partial charge in [-0.2, -0.15) is 15.2 Å². The Kier molecular flexibility index (Phi) is 6.74. The molecular formula is C20H19Cl2N7. The Bertz CT molecular complexity index is 1050. The fourth-order valence-corrected chi connectivity index (χ4v) is 2.57. The van der Waals surface area contributed by atoms with Crippen molar-refractivity contribution in [2.75, 3.05) is 10.9 Å². The second-order valence-corrected chi connectivity index (χ2v) is 7.07. The number of benzene rings is 2. The molecule has 7 nitrogen and oxygen atoms in total. The minimum Gasteiger partial charge on any atom is -0.259 e. The highest BCUT2D eigenvalue weighted by Gasteiger charge is 2.06. The molecule has 0 aliphatic carbocycles. The summed E-state index contributed by atoms with van der Waals surface area (Å²) in [4.78, 5) is 4.38. The minimum atomic E-state index is 0.255. The molecule has 148 valence electrons. The van der Waals surface area contributed by atoms with E-state index >= 15 is 0 Å². The second kappa shape index (κ2) is 9.45. The molecule has 1 aromatic heterocycles. The zero-order valence-electron chi connectivity index (χ0n) is 16.1. The first-order valence-corrected chi connectivity index (χ1v) is 9.52. The van der Waals surface area contributed by atoms with Crippen molar-refractivity contribution in [1.29, 1.82) is 0 Å². The van der Waals surface area contributed by atoms with Crippen LogP contribution in [0.5, 0.6) is 0 Å². The number of anilines is 2. The molecule has 0 aliphatic rings. The van der Waals surface area contributed by atoms with Crippen molar-refractivity contribution in [2.45, 2.75) is 20.8 Å². The molecule has 29 heavy (non-hydrogen) atoms. The number of aromatic nitrogens is 3. The average Bonchev–Trinajstić information content (AvgIpc) is 2.72. The fraction of sp³-hybridized carbons (Fsp3) is 0.150. The first kappa shape index (κ1) is 20.7. The predicted octanol–water partition coefficient (Wildman–Crippen LogP) is 5.16. The fourth-order valence-electron chi connectivity index (χ4n) is 2.31. The third-order valence-corrected chi connectivity index (χ3v) is 4.54. The van der Waals surface area contributed by atoms with Crippen molar-refractivity contribution in [3.8, 4) is 0 Å². The van der Waals surface area contributed by atoms with Gasteiger partial charge in [0.2, 0.25) is 0 Å². The summed E-state index contributed by atoms with van der Waals surface area (Å²) in [5, 5.41) is 18.1. The van der Waals surface area contributed by atoms with E-state index in [2.05, 4.69) is 36.2 Å². The van der Waals surface area contributed by atoms with E-state index in [1.54, 1.807) is 6.92 Å². The van der Waals surface area contributed by atoms with Crippen molar-refractivity contribution in [3.63, 3.8) is 0 Å². The van der Waals surface area contributed by atoms with Crippen LogP contribution < -0.4 is 10.9 Å². The van der Waals surface area contributed by atoms with E-state index in [0.717, 1.165) is 22.6 Å². The lowest BCUT2D eigenvalue weighted by molar-refractivity contribution is 0.921. The molecule has 0 aliphatic heterocycles. The first-order chi connectivity index (χ1) is 13.9. The Labute approximate surface area is 178 Å². The van der Waals surface area contributed by atoms with Gasteiger partial charge in [-0.05, 0) is 56.2 Å². The Balaban J connectivity index is 1.72. The first-order valence-electron chi connectivity index (χ1n) is 8.76. The Morgan fingerprint density at radius 3 is 1.76 bits per heavy atom. The van der Waals surface area contributed by atoms with Crippen LogP contribution in [0.3, 0.4) is 0 Å². The lowest BCUT2D eigenvalue weighted by atomic mass is 10.1. The maximum atomic E-state index is 5.92. The van der Waals surface area contributed by atoms with E-state index in [0.29, 0.717) is 21.6 Å². The highest BCUT2D eigenvalue weighted by Crippen LogP contribution is 2.14. The summed E-state index contributed by atoms with van der Waals surface area (Å²) in [6.07, 6.45) is 0. The topological polar surface area (TPSA) is 87.5 Å². The molecule has 0 atom stereocenters. The molecule has 2 aromatic carbocycles. The van der Waals surface area contributed by atoms with Gasteiger partial charge in [-0.25, -0.2) is 5.43 Å². The third kappa shape index (κ3) is 5.73. The molecule has 0 amide bonds. The zero-order valence-corrected chi connectivity index (χ0v) is 17.6. The van der Waals surface area contributed by atoms with Crippen LogP contribution in [0.1, 0.15) is 30.7 Å². The van der Waals surface area contributed by atoms with E-state index in [4.69, 9.17) is 23.2 Å². The van der Waals surface area contributed by atoms with Gasteiger partial charge in [0, 0.05) is 10.0 Å². The molecular weight excluding hydrogens is 409 g/mol. The van der Waals surface area contributed by atoms with Crippen LogP contribution in [0.4, 0.5) is 11.8 Å². The number of nitrogens with zero attached hydrogens (tertiary/aromatic N) is 5. The summed E-state index contributed by atoms with van der Waals surface area (Å²) in [6.45, 7) is 5.55. The van der Waals surface area contributed by atoms with Crippen LogP contribution in [0.2, 0.25) is 10.0 Å². The molecule has 0 radical (unpaired) electrons. The van der Waals surface area contributed by atoms with Crippen molar-refractivity contribution < 1.29 is 0 Å². The van der Waals surface area contributed by atoms with E-state index in [9.17, 15) is 0 Å². The number of nitrogens with one attached hydrogen (secondary N) is 2. The molecule has 1 heterocycles. The Morgan fingerprint density at radius 2 is 1.24 bits per heavy atom. The normalized spacial score (nSPS) is 12.0. The number of rotatable bonds is 6. The average molecular weight is 428 g/mol. The number of hydrogen-bond acceptors (Lipinski definition) is 7. The quantitative estimate of drug-likeness (QED) is 0.418. The van der Waals surface area contributed by atoms with Crippen LogP contribution in [-0.2, 0) is 0 Å². The molecule has 3 rings (SSSR count). The van der Waals surface area contributed by atoms with Crippen molar-refractivity contribution in [2.24, 2.45) is 10.2 Å². The van der Waals surface area contributed by atoms with Gasteiger partial charge in [0.25, 0.3) is 5.95 Å². The monoisotopic (exact) mass is 427 g/mol. The smallest absolute Gasteiger partial charge is 0.259 e. The maximum absolute atomic E-state index is 5.92. The van der Waals surface area contributed by atoms with Gasteiger partial charge in [0.1, 0.15) is 5.69 Å². The Hall–Kier alpha value is -3.03. The van der Waals surface area contributed by atoms with E-state index in [-0.39, 0.29) is 5.95 Å². The summed E-state index contributed by atoms with van der Waals surface area (Å²) in [5.74, 6) is 0.737. The largest absolute Gasteiger partial charge is 0.265 e. The maximum Gasteiger partial charge on any atom is 0.265 e. The van der Waals surface area contributed by atoms with Gasteiger partial charge in [0.15, 0.2) is 5.82 Å². The number of aryl methyl sites for hydroxylation is 1. The number of halogens is 2. The van der Waals surface area contributed by atoms with E-state index in [1.165, 1.54) is 0 Å². The highest BCUT2D eigenvalue weighted by atomic mass is 35.5. The van der Waals surface area contributed by atoms with Crippen molar-refractivity contribution in [3.05, 3.63) is 75.4 Å². The third-order valence-electron chi connectivity index (χ3n) is 4.03. The molecule has 0 saturated carbocycles. The summed E-state index contributed by atoms with van der Waals surface area (Å²) >= 11 is 11.8. The molecule has 0 spiro atoms. The molecule has 9 heteroatoms. The summed E-state index contributed by atoms with van der Waals surface area (Å²) in [5.41, 5.74) is 9.79. The molecule has 3 aromatic rings. The SMILES string of the molecule is C/C(=N\Nc1nnc(C)c(N/N=C(\C)c2ccc(Cl)cc2)n1)c1ccc(Cl)cc1. The van der Waals surface area contributed by atoms with Gasteiger partial charge in [-0.1, -0.05) is 47.5 Å². The number of hydrazone groups is 2. The van der Waals surface area contributed by atoms with Crippen LogP contribution in [0, 0.1) is 6.92 Å². The lowest BCUT2D eigenvalue weighted by Crippen LogP contribution is -2.08. The van der Waals surface area contributed by atoms with E-state index in [1.807, 2.05) is 62.4 Å². The van der Waals surface area contributed by atoms with Crippen molar-refractivity contribution in [1.82, 2.24) is 15.2 Å². The highest BCUT2D eigenvalue weighted by molar-refractivity contribution is 6.31. The van der Waals surface area contributed by atoms with Gasteiger partial charge < -0.3 is 0 Å². The Morgan fingerprint density at radius 1 is 0.759 bits per heavy atom. The summed E-state index contributed by atoms with van der Waals surface area (Å²) in [6, 6.07) is 14.8. The van der Waals surface area contributed by atoms with Crippen LogP contribution in [-0.4, -0.2) is 26.6 Å². The standard InChI is InChI=1S/C20H19Cl2N7/c1-12(15-4-8-17(21)9-5-15)24-27-19-14(3)26-29-20(23-19)28-25-13(2)16-6-10-18(22)11-7-16/h4-11H,1-3H3,(H2,23,27,28,29)/b24-12+,25-13+. The molecule has 0 unspecified atom stereocenters. The summed E-state index contributed by atoms with van der Waals surface area (Å²) in [7, 11) is 0. The number of hydrogen-bond donors (Lipinski definition) is 2. The predicted molar refractivity (Wildman–Crippen MR) is 119 cm³/mol. The van der Waals surface area contributed by atoms with Crippen LogP contribution in [0.15, 0.2) is 58.7 Å². The molecule has 0 fully saturated rings. The van der Waals surface area contributed by atoms with Gasteiger partial charge >= 0.3 is 0 Å². The van der Waals surface area contributed by atoms with Crippen LogP contribution in [0.25, 0.3) is 0 Å². The van der Waals surface area contributed by atoms with E-state index < -0.39 is 0 Å². The van der Waals surface area contributed by atoms with Crippen molar-refractivity contribution >= 4 is 46.4 Å². The minimum absolute atomic E-state index is 0.255. The molecule has 2 N–H and O–H groups in total. The lowest BCUT2D eigenvalue weighted by Gasteiger charge is -2.07. The second-order valence-electron chi connectivity index (χ2n) is 6.20. The van der Waals surface area contributed by atoms with Gasteiger partial charge in [-0.3, -0.25) is 5.43 Å². The molecule has 0 bridgehead atoms. The van der Waals surface area contributed by atoms with Crippen LogP contribution >= 0.6 is 23.2 Å². The molecule has 0 saturated heterocycles. The zero-order chi connectivity index (χ0) is 20.8.